The molecule has 5 heterocycles. The molecule has 9 nitrogen and oxygen atoms in total. The summed E-state index contributed by atoms with van der Waals surface area (Å²) in [4.78, 5) is 19.6. The first-order valence-electron chi connectivity index (χ1n) is 12.2. The molecule has 1 aromatic carbocycles. The molecule has 0 saturated carbocycles. The van der Waals surface area contributed by atoms with Crippen molar-refractivity contribution < 1.29 is 23.4 Å². The Hall–Kier alpha value is -3.92. The minimum atomic E-state index is -0.796. The molecule has 0 spiro atoms. The molecule has 0 bridgehead atoms. The predicted molar refractivity (Wildman–Crippen MR) is 139 cm³/mol. The molecular formula is C27H25ClFN5O4. The summed E-state index contributed by atoms with van der Waals surface area (Å²) in [6.45, 7) is 7.66. The zero-order valence-corrected chi connectivity index (χ0v) is 22.0. The lowest BCUT2D eigenvalue weighted by Gasteiger charge is -2.29. The second-order valence-electron chi connectivity index (χ2n) is 10.4. The Bertz CT molecular complexity index is 1600. The fraction of sp³-hybridized carbons (Fsp3) is 0.333. The standard InChI is InChI=1S/C27H25ClFN5O4/c1-14-7-16(28)9-30-23(14)17-8-21-25(34-13-31-32-24(17)34)33(26(35)38-27(2,3)4)10-18-19(29)5-6-20-22(18)15(11-36-20)12-37-21/h5-9,13,15H,10-12H2,1-4H3/t15-/m1/s1. The molecule has 0 fully saturated rings. The van der Waals surface area contributed by atoms with Crippen LogP contribution in [0.25, 0.3) is 16.9 Å². The highest BCUT2D eigenvalue weighted by atomic mass is 35.5. The van der Waals surface area contributed by atoms with Crippen LogP contribution in [0.5, 0.6) is 11.5 Å². The van der Waals surface area contributed by atoms with E-state index in [0.29, 0.717) is 57.0 Å². The van der Waals surface area contributed by atoms with Crippen LogP contribution < -0.4 is 14.4 Å². The number of aryl methyl sites for hydroxylation is 1. The molecule has 196 valence electrons. The maximum Gasteiger partial charge on any atom is 0.416 e. The number of ether oxygens (including phenoxy) is 3. The largest absolute Gasteiger partial charge is 0.493 e. The minimum absolute atomic E-state index is 0.106. The topological polar surface area (TPSA) is 91.1 Å². The molecule has 6 rings (SSSR count). The van der Waals surface area contributed by atoms with Gasteiger partial charge in [-0.05, 0) is 57.5 Å². The van der Waals surface area contributed by atoms with Crippen molar-refractivity contribution in [3.8, 4) is 22.8 Å². The van der Waals surface area contributed by atoms with Gasteiger partial charge in [-0.2, -0.15) is 0 Å². The fourth-order valence-corrected chi connectivity index (χ4v) is 5.18. The number of benzene rings is 1. The number of hydrogen-bond donors (Lipinski definition) is 0. The second kappa shape index (κ2) is 8.83. The monoisotopic (exact) mass is 537 g/mol. The lowest BCUT2D eigenvalue weighted by Crippen LogP contribution is -2.38. The van der Waals surface area contributed by atoms with Gasteiger partial charge in [0.1, 0.15) is 23.5 Å². The quantitative estimate of drug-likeness (QED) is 0.307. The van der Waals surface area contributed by atoms with Crippen LogP contribution >= 0.6 is 11.6 Å². The summed E-state index contributed by atoms with van der Waals surface area (Å²) in [7, 11) is 0. The molecule has 0 unspecified atom stereocenters. The van der Waals surface area contributed by atoms with Gasteiger partial charge in [0.25, 0.3) is 0 Å². The average molecular weight is 538 g/mol. The van der Waals surface area contributed by atoms with Crippen molar-refractivity contribution in [1.29, 1.82) is 0 Å². The summed E-state index contributed by atoms with van der Waals surface area (Å²) in [6.07, 6.45) is 2.38. The number of carbonyl (C=O) groups is 1. The Kier molecular flexibility index (Phi) is 5.68. The number of hydrogen-bond acceptors (Lipinski definition) is 7. The van der Waals surface area contributed by atoms with Crippen LogP contribution in [0.1, 0.15) is 43.4 Å². The van der Waals surface area contributed by atoms with Gasteiger partial charge in [0.2, 0.25) is 0 Å². The highest BCUT2D eigenvalue weighted by Crippen LogP contribution is 2.44. The first-order chi connectivity index (χ1) is 18.1. The van der Waals surface area contributed by atoms with Gasteiger partial charge in [0, 0.05) is 22.9 Å². The van der Waals surface area contributed by atoms with Crippen molar-refractivity contribution in [2.24, 2.45) is 0 Å². The van der Waals surface area contributed by atoms with Crippen molar-refractivity contribution in [3.63, 3.8) is 0 Å². The molecule has 1 amide bonds. The third-order valence-electron chi connectivity index (χ3n) is 6.55. The van der Waals surface area contributed by atoms with Crippen molar-refractivity contribution in [3.05, 3.63) is 64.3 Å². The number of nitrogens with zero attached hydrogens (tertiary/aromatic N) is 5. The van der Waals surface area contributed by atoms with Gasteiger partial charge in [0.05, 0.1) is 36.4 Å². The molecule has 3 aromatic heterocycles. The summed E-state index contributed by atoms with van der Waals surface area (Å²) in [5.74, 6) is 0.621. The summed E-state index contributed by atoms with van der Waals surface area (Å²) >= 11 is 6.15. The van der Waals surface area contributed by atoms with Crippen LogP contribution in [0.15, 0.2) is 36.8 Å². The minimum Gasteiger partial charge on any atom is -0.493 e. The summed E-state index contributed by atoms with van der Waals surface area (Å²) in [5, 5.41) is 8.96. The van der Waals surface area contributed by atoms with E-state index >= 15 is 4.39 Å². The van der Waals surface area contributed by atoms with Crippen LogP contribution in [0, 0.1) is 12.7 Å². The zero-order valence-electron chi connectivity index (χ0n) is 21.3. The predicted octanol–water partition coefficient (Wildman–Crippen LogP) is 5.70. The highest BCUT2D eigenvalue weighted by molar-refractivity contribution is 6.30. The highest BCUT2D eigenvalue weighted by Gasteiger charge is 2.37. The van der Waals surface area contributed by atoms with E-state index in [1.165, 1.54) is 17.3 Å². The maximum absolute atomic E-state index is 15.3. The smallest absolute Gasteiger partial charge is 0.416 e. The SMILES string of the molecule is Cc1cc(Cl)cnc1-c1cc2c(n3cnnc13)N(C(=O)OC(C)(C)C)Cc1c(F)ccc3c1[C@H](CO3)CO2. The van der Waals surface area contributed by atoms with E-state index in [1.54, 1.807) is 43.5 Å². The van der Waals surface area contributed by atoms with Crippen LogP contribution in [0.4, 0.5) is 15.0 Å². The third kappa shape index (κ3) is 4.09. The van der Waals surface area contributed by atoms with Gasteiger partial charge in [-0.1, -0.05) is 11.6 Å². The van der Waals surface area contributed by atoms with E-state index < -0.39 is 17.5 Å². The van der Waals surface area contributed by atoms with Gasteiger partial charge in [-0.25, -0.2) is 9.18 Å². The van der Waals surface area contributed by atoms with Crippen LogP contribution in [0.3, 0.4) is 0 Å². The van der Waals surface area contributed by atoms with Gasteiger partial charge in [-0.3, -0.25) is 14.3 Å². The second-order valence-corrected chi connectivity index (χ2v) is 10.8. The number of anilines is 1. The number of pyridine rings is 2. The summed E-state index contributed by atoms with van der Waals surface area (Å²) in [6, 6.07) is 6.56. The van der Waals surface area contributed by atoms with Gasteiger partial charge in [0.15, 0.2) is 17.2 Å². The van der Waals surface area contributed by atoms with Gasteiger partial charge < -0.3 is 14.2 Å². The fourth-order valence-electron chi connectivity index (χ4n) is 4.97. The molecule has 0 aliphatic carbocycles. The Morgan fingerprint density at radius 2 is 1.95 bits per heavy atom. The maximum atomic E-state index is 15.3. The van der Waals surface area contributed by atoms with E-state index in [0.717, 1.165) is 5.56 Å². The first kappa shape index (κ1) is 24.4. The number of halogens is 2. The van der Waals surface area contributed by atoms with Gasteiger partial charge >= 0.3 is 6.09 Å². The van der Waals surface area contributed by atoms with E-state index in [4.69, 9.17) is 25.8 Å². The van der Waals surface area contributed by atoms with Crippen LogP contribution in [-0.2, 0) is 11.3 Å². The normalized spacial score (nSPS) is 16.6. The Balaban J connectivity index is 1.61. The van der Waals surface area contributed by atoms with Crippen LogP contribution in [-0.4, -0.2) is 44.5 Å². The lowest BCUT2D eigenvalue weighted by molar-refractivity contribution is 0.0574. The lowest BCUT2D eigenvalue weighted by atomic mass is 9.95. The van der Waals surface area contributed by atoms with E-state index in [1.807, 2.05) is 13.0 Å². The molecule has 38 heavy (non-hydrogen) atoms. The molecule has 4 aromatic rings. The molecular weight excluding hydrogens is 513 g/mol. The van der Waals surface area contributed by atoms with E-state index in [2.05, 4.69) is 15.2 Å². The first-order valence-corrected chi connectivity index (χ1v) is 12.5. The third-order valence-corrected chi connectivity index (χ3v) is 6.75. The summed E-state index contributed by atoms with van der Waals surface area (Å²) in [5.41, 5.74) is 2.82. The molecule has 1 atom stereocenters. The van der Waals surface area contributed by atoms with Crippen molar-refractivity contribution in [1.82, 2.24) is 19.6 Å². The number of fused-ring (bicyclic) bond motifs is 3. The summed E-state index contributed by atoms with van der Waals surface area (Å²) < 4.78 is 35.0. The number of carbonyl (C=O) groups excluding carboxylic acids is 1. The van der Waals surface area contributed by atoms with Crippen molar-refractivity contribution in [2.45, 2.75) is 45.8 Å². The average Bonchev–Trinajstić information content (AvgIpc) is 3.49. The molecule has 0 radical (unpaired) electrons. The molecule has 0 saturated heterocycles. The van der Waals surface area contributed by atoms with Crippen molar-refractivity contribution >= 4 is 29.2 Å². The van der Waals surface area contributed by atoms with Gasteiger partial charge in [-0.15, -0.1) is 10.2 Å². The van der Waals surface area contributed by atoms with Crippen LogP contribution in [0.2, 0.25) is 5.02 Å². The zero-order chi connectivity index (χ0) is 26.8. The van der Waals surface area contributed by atoms with Crippen molar-refractivity contribution in [2.75, 3.05) is 18.1 Å². The van der Waals surface area contributed by atoms with E-state index in [-0.39, 0.29) is 19.1 Å². The molecule has 0 N–H and O–H groups in total. The Morgan fingerprint density at radius 1 is 1.18 bits per heavy atom. The molecule has 2 aliphatic rings. The number of rotatable bonds is 1. The molecule has 11 heteroatoms. The number of aromatic nitrogens is 4. The number of amides is 1. The Labute approximate surface area is 223 Å². The molecule has 2 aliphatic heterocycles. The Morgan fingerprint density at radius 3 is 2.68 bits per heavy atom. The van der Waals surface area contributed by atoms with E-state index in [9.17, 15) is 4.79 Å².